The Morgan fingerprint density at radius 1 is 1.24 bits per heavy atom. The number of aliphatic hydroxyl groups excluding tert-OH is 1. The van der Waals surface area contributed by atoms with E-state index in [2.05, 4.69) is 15.9 Å². The molecule has 2 aromatic carbocycles. The Morgan fingerprint density at radius 3 is 2.62 bits per heavy atom. The zero-order valence-corrected chi connectivity index (χ0v) is 18.0. The van der Waals surface area contributed by atoms with Gasteiger partial charge in [0, 0.05) is 29.5 Å². The number of carbonyl (C=O) groups excluding carboxylic acids is 1. The molecular formula is C22H24BrNO5. The van der Waals surface area contributed by atoms with Crippen LogP contribution < -0.4 is 4.74 Å². The van der Waals surface area contributed by atoms with Crippen LogP contribution in [-0.2, 0) is 20.7 Å². The zero-order valence-electron chi connectivity index (χ0n) is 16.4. The van der Waals surface area contributed by atoms with Crippen molar-refractivity contribution >= 4 is 27.8 Å². The van der Waals surface area contributed by atoms with Crippen molar-refractivity contribution < 1.29 is 24.1 Å². The number of hydrogen-bond donors (Lipinski definition) is 1. The Bertz CT molecular complexity index is 883. The Kier molecular flexibility index (Phi) is 6.92. The van der Waals surface area contributed by atoms with E-state index >= 15 is 0 Å². The molecule has 2 aromatic rings. The SMILES string of the molecule is COC(=O)[C@]1(Cc2ccccc2Br)N=C(c2ccc(OCCCO)cc2)O[C@@H]1C. The number of methoxy groups -OCH3 is 1. The number of esters is 1. The molecule has 0 saturated heterocycles. The van der Waals surface area contributed by atoms with Crippen LogP contribution in [0, 0.1) is 0 Å². The van der Waals surface area contributed by atoms with Gasteiger partial charge in [0.25, 0.3) is 0 Å². The summed E-state index contributed by atoms with van der Waals surface area (Å²) in [6.07, 6.45) is 0.442. The third-order valence-corrected chi connectivity index (χ3v) is 5.66. The van der Waals surface area contributed by atoms with Crippen molar-refractivity contribution in [2.24, 2.45) is 4.99 Å². The summed E-state index contributed by atoms with van der Waals surface area (Å²) in [6.45, 7) is 2.37. The first-order valence-electron chi connectivity index (χ1n) is 9.42. The average molecular weight is 462 g/mol. The molecule has 29 heavy (non-hydrogen) atoms. The number of rotatable bonds is 8. The minimum Gasteiger partial charge on any atom is -0.494 e. The highest BCUT2D eigenvalue weighted by molar-refractivity contribution is 9.10. The van der Waals surface area contributed by atoms with Crippen LogP contribution in [0.15, 0.2) is 58.0 Å². The first-order valence-corrected chi connectivity index (χ1v) is 10.2. The number of aliphatic hydroxyl groups is 1. The molecule has 1 N–H and O–H groups in total. The molecule has 1 heterocycles. The van der Waals surface area contributed by atoms with Gasteiger partial charge >= 0.3 is 5.97 Å². The van der Waals surface area contributed by atoms with Crippen LogP contribution >= 0.6 is 15.9 Å². The maximum Gasteiger partial charge on any atom is 0.338 e. The van der Waals surface area contributed by atoms with Crippen LogP contribution in [0.3, 0.4) is 0 Å². The van der Waals surface area contributed by atoms with Crippen LogP contribution in [-0.4, -0.2) is 48.9 Å². The Balaban J connectivity index is 1.88. The number of aliphatic imine (C=N–C) groups is 1. The van der Waals surface area contributed by atoms with E-state index in [4.69, 9.17) is 24.3 Å². The monoisotopic (exact) mass is 461 g/mol. The summed E-state index contributed by atoms with van der Waals surface area (Å²) >= 11 is 3.54. The largest absolute Gasteiger partial charge is 0.494 e. The molecule has 0 fully saturated rings. The highest BCUT2D eigenvalue weighted by Crippen LogP contribution is 2.35. The fourth-order valence-corrected chi connectivity index (χ4v) is 3.65. The van der Waals surface area contributed by atoms with Gasteiger partial charge in [0.05, 0.1) is 13.7 Å². The number of carbonyl (C=O) groups is 1. The Hall–Kier alpha value is -2.38. The number of benzene rings is 2. The van der Waals surface area contributed by atoms with Gasteiger partial charge in [-0.2, -0.15) is 0 Å². The van der Waals surface area contributed by atoms with Gasteiger partial charge in [-0.1, -0.05) is 34.1 Å². The first-order chi connectivity index (χ1) is 14.0. The maximum atomic E-state index is 12.8. The van der Waals surface area contributed by atoms with E-state index in [0.717, 1.165) is 15.6 Å². The van der Waals surface area contributed by atoms with Gasteiger partial charge in [0.2, 0.25) is 11.4 Å². The number of nitrogens with zero attached hydrogens (tertiary/aromatic N) is 1. The highest BCUT2D eigenvalue weighted by Gasteiger charge is 2.51. The molecular weight excluding hydrogens is 438 g/mol. The Morgan fingerprint density at radius 2 is 1.97 bits per heavy atom. The summed E-state index contributed by atoms with van der Waals surface area (Å²) in [4.78, 5) is 17.5. The standard InChI is InChI=1S/C22H24BrNO5/c1-15-22(21(26)27-2,14-17-6-3-4-7-19(17)23)24-20(29-15)16-8-10-18(11-9-16)28-13-5-12-25/h3-4,6-11,15,25H,5,12-14H2,1-2H3/t15-,22-/m1/s1. The topological polar surface area (TPSA) is 77.4 Å². The third kappa shape index (κ3) is 4.62. The second-order valence-corrected chi connectivity index (χ2v) is 7.67. The van der Waals surface area contributed by atoms with E-state index in [9.17, 15) is 4.79 Å². The van der Waals surface area contributed by atoms with Crippen LogP contribution in [0.2, 0.25) is 0 Å². The van der Waals surface area contributed by atoms with E-state index in [1.165, 1.54) is 7.11 Å². The molecule has 1 aliphatic rings. The number of hydrogen-bond acceptors (Lipinski definition) is 6. The molecule has 0 radical (unpaired) electrons. The fraction of sp³-hybridized carbons (Fsp3) is 0.364. The van der Waals surface area contributed by atoms with Crippen molar-refractivity contribution in [1.29, 1.82) is 0 Å². The third-order valence-electron chi connectivity index (χ3n) is 4.89. The fourth-order valence-electron chi connectivity index (χ4n) is 3.22. The summed E-state index contributed by atoms with van der Waals surface area (Å²) in [5, 5.41) is 8.84. The summed E-state index contributed by atoms with van der Waals surface area (Å²) < 4.78 is 17.6. The molecule has 0 bridgehead atoms. The summed E-state index contributed by atoms with van der Waals surface area (Å²) in [6, 6.07) is 15.0. The van der Waals surface area contributed by atoms with Crippen molar-refractivity contribution in [1.82, 2.24) is 0 Å². The minimum atomic E-state index is -1.16. The molecule has 6 nitrogen and oxygen atoms in total. The lowest BCUT2D eigenvalue weighted by Gasteiger charge is -2.26. The molecule has 0 spiro atoms. The molecule has 0 saturated carbocycles. The lowest BCUT2D eigenvalue weighted by Crippen LogP contribution is -2.47. The van der Waals surface area contributed by atoms with Gasteiger partial charge < -0.3 is 19.3 Å². The first kappa shape index (κ1) is 21.3. The molecule has 0 amide bonds. The van der Waals surface area contributed by atoms with Gasteiger partial charge in [0.1, 0.15) is 11.9 Å². The second-order valence-electron chi connectivity index (χ2n) is 6.81. The normalized spacial score (nSPS) is 20.7. The highest BCUT2D eigenvalue weighted by atomic mass is 79.9. The lowest BCUT2D eigenvalue weighted by molar-refractivity contribution is -0.149. The molecule has 0 aliphatic carbocycles. The molecule has 7 heteroatoms. The minimum absolute atomic E-state index is 0.0910. The van der Waals surface area contributed by atoms with E-state index < -0.39 is 17.6 Å². The van der Waals surface area contributed by atoms with Crippen molar-refractivity contribution in [3.8, 4) is 5.75 Å². The number of ether oxygens (including phenoxy) is 3. The van der Waals surface area contributed by atoms with Gasteiger partial charge in [-0.15, -0.1) is 0 Å². The molecule has 154 valence electrons. The summed E-state index contributed by atoms with van der Waals surface area (Å²) in [5.74, 6) is 0.665. The molecule has 1 aliphatic heterocycles. The van der Waals surface area contributed by atoms with Gasteiger partial charge in [0.15, 0.2) is 0 Å². The van der Waals surface area contributed by atoms with Crippen molar-refractivity contribution in [2.45, 2.75) is 31.4 Å². The number of halogens is 1. The molecule has 0 aromatic heterocycles. The van der Waals surface area contributed by atoms with Gasteiger partial charge in [-0.25, -0.2) is 9.79 Å². The van der Waals surface area contributed by atoms with E-state index in [1.807, 2.05) is 55.5 Å². The van der Waals surface area contributed by atoms with Gasteiger partial charge in [-0.05, 0) is 42.8 Å². The van der Waals surface area contributed by atoms with E-state index in [1.54, 1.807) is 0 Å². The molecule has 3 rings (SSSR count). The van der Waals surface area contributed by atoms with Crippen molar-refractivity contribution in [3.63, 3.8) is 0 Å². The van der Waals surface area contributed by atoms with Crippen LogP contribution in [0.5, 0.6) is 5.75 Å². The van der Waals surface area contributed by atoms with Crippen molar-refractivity contribution in [2.75, 3.05) is 20.3 Å². The van der Waals surface area contributed by atoms with Crippen molar-refractivity contribution in [3.05, 3.63) is 64.1 Å². The predicted molar refractivity (Wildman–Crippen MR) is 113 cm³/mol. The van der Waals surface area contributed by atoms with Crippen LogP contribution in [0.4, 0.5) is 0 Å². The van der Waals surface area contributed by atoms with Gasteiger partial charge in [-0.3, -0.25) is 0 Å². The zero-order chi connectivity index (χ0) is 20.9. The maximum absolute atomic E-state index is 12.8. The quantitative estimate of drug-likeness (QED) is 0.480. The molecule has 0 unspecified atom stereocenters. The Labute approximate surface area is 178 Å². The average Bonchev–Trinajstić information content (AvgIpc) is 3.07. The summed E-state index contributed by atoms with van der Waals surface area (Å²) in [5.41, 5.74) is 0.541. The van der Waals surface area contributed by atoms with E-state index in [-0.39, 0.29) is 6.61 Å². The summed E-state index contributed by atoms with van der Waals surface area (Å²) in [7, 11) is 1.36. The predicted octanol–water partition coefficient (Wildman–Crippen LogP) is 3.53. The smallest absolute Gasteiger partial charge is 0.338 e. The lowest BCUT2D eigenvalue weighted by atomic mass is 9.87. The van der Waals surface area contributed by atoms with Crippen LogP contribution in [0.1, 0.15) is 24.5 Å². The molecule has 2 atom stereocenters. The van der Waals surface area contributed by atoms with E-state index in [0.29, 0.717) is 31.1 Å². The second kappa shape index (κ2) is 9.41. The van der Waals surface area contributed by atoms with Crippen LogP contribution in [0.25, 0.3) is 0 Å².